The van der Waals surface area contributed by atoms with Gasteiger partial charge in [-0.2, -0.15) is 0 Å². The Morgan fingerprint density at radius 3 is 2.73 bits per heavy atom. The number of esters is 1. The molecule has 0 spiro atoms. The number of H-pyrrole nitrogens is 1. The van der Waals surface area contributed by atoms with E-state index in [0.717, 1.165) is 4.31 Å². The third-order valence-corrected chi connectivity index (χ3v) is 5.15. The monoisotopic (exact) mass is 433 g/mol. The molecule has 2 aromatic heterocycles. The van der Waals surface area contributed by atoms with Gasteiger partial charge in [-0.05, 0) is 31.5 Å². The number of fused-ring (bicyclic) bond motifs is 1. The normalized spacial score (nSPS) is 12.0. The van der Waals surface area contributed by atoms with Crippen LogP contribution in [0.15, 0.2) is 36.7 Å². The topological polar surface area (TPSA) is 113 Å². The minimum atomic E-state index is -2.44. The molecule has 0 bridgehead atoms. The first kappa shape index (κ1) is 21.6. The van der Waals surface area contributed by atoms with E-state index in [2.05, 4.69) is 9.97 Å². The van der Waals surface area contributed by atoms with Gasteiger partial charge in [-0.1, -0.05) is 13.0 Å². The summed E-state index contributed by atoms with van der Waals surface area (Å²) < 4.78 is 42.2. The Morgan fingerprint density at radius 1 is 1.30 bits per heavy atom. The fraction of sp³-hybridized carbons (Fsp3) is 0.250. The minimum absolute atomic E-state index is 0.117. The fourth-order valence-electron chi connectivity index (χ4n) is 3.04. The lowest BCUT2D eigenvalue weighted by atomic mass is 10.0. The van der Waals surface area contributed by atoms with E-state index in [0.29, 0.717) is 17.5 Å². The van der Waals surface area contributed by atoms with Crippen molar-refractivity contribution in [1.29, 1.82) is 0 Å². The van der Waals surface area contributed by atoms with Crippen LogP contribution in [0.5, 0.6) is 0 Å². The van der Waals surface area contributed by atoms with Crippen molar-refractivity contribution in [1.82, 2.24) is 9.97 Å². The van der Waals surface area contributed by atoms with Crippen molar-refractivity contribution in [3.8, 4) is 0 Å². The molecule has 0 aliphatic carbocycles. The molecule has 1 atom stereocenters. The van der Waals surface area contributed by atoms with E-state index in [4.69, 9.17) is 4.74 Å². The molecule has 0 saturated carbocycles. The Bertz CT molecular complexity index is 1130. The van der Waals surface area contributed by atoms with Gasteiger partial charge in [0.15, 0.2) is 11.6 Å². The van der Waals surface area contributed by atoms with Crippen LogP contribution >= 0.6 is 0 Å². The van der Waals surface area contributed by atoms with Crippen molar-refractivity contribution >= 4 is 39.7 Å². The Balaban J connectivity index is 2.06. The van der Waals surface area contributed by atoms with Gasteiger partial charge in [-0.15, -0.1) is 0 Å². The molecule has 0 aliphatic heterocycles. The number of hydrogen-bond donors (Lipinski definition) is 2. The number of aromatic nitrogens is 2. The van der Waals surface area contributed by atoms with E-state index >= 15 is 4.39 Å². The van der Waals surface area contributed by atoms with Crippen LogP contribution in [-0.4, -0.2) is 43.6 Å². The zero-order valence-electron chi connectivity index (χ0n) is 16.3. The number of nitrogens with one attached hydrogen (secondary N) is 1. The number of hydrogen-bond acceptors (Lipinski definition) is 5. The number of pyridine rings is 1. The third-order valence-electron chi connectivity index (χ3n) is 4.39. The summed E-state index contributed by atoms with van der Waals surface area (Å²) in [6.07, 6.45) is 3.22. The van der Waals surface area contributed by atoms with Crippen LogP contribution < -0.4 is 4.31 Å². The smallest absolute Gasteiger partial charge is 0.339 e. The standard InChI is InChI=1S/C20H20FN3O5S/c1-3-8-24(30(27)28)16-7-5-6-13(17(16)21)18(25)15-11-23-19-14(15)9-12(10-22-19)20(26)29-4-2/h5-7,9-11H,3-4,8H2,1-2H3,(H,22,23)(H,27,28). The van der Waals surface area contributed by atoms with Crippen LogP contribution in [0, 0.1) is 5.82 Å². The summed E-state index contributed by atoms with van der Waals surface area (Å²) in [5.74, 6) is -2.13. The molecular formula is C20H20FN3O5S. The zero-order chi connectivity index (χ0) is 21.8. The Morgan fingerprint density at radius 2 is 2.07 bits per heavy atom. The van der Waals surface area contributed by atoms with Gasteiger partial charge >= 0.3 is 5.97 Å². The summed E-state index contributed by atoms with van der Waals surface area (Å²) in [5.41, 5.74) is 0.228. The van der Waals surface area contributed by atoms with Gasteiger partial charge in [-0.3, -0.25) is 13.7 Å². The second kappa shape index (κ2) is 9.14. The molecule has 0 saturated heterocycles. The molecule has 158 valence electrons. The van der Waals surface area contributed by atoms with E-state index in [1.807, 2.05) is 0 Å². The number of carbonyl (C=O) groups excluding carboxylic acids is 2. The van der Waals surface area contributed by atoms with Crippen LogP contribution in [0.1, 0.15) is 46.5 Å². The molecule has 3 rings (SSSR count). The average molecular weight is 433 g/mol. The lowest BCUT2D eigenvalue weighted by Gasteiger charge is -2.20. The summed E-state index contributed by atoms with van der Waals surface area (Å²) in [4.78, 5) is 32.0. The van der Waals surface area contributed by atoms with Gasteiger partial charge in [0.25, 0.3) is 11.3 Å². The number of ether oxygens (including phenoxy) is 1. The SMILES string of the molecule is CCCN(c1cccc(C(=O)c2c[nH]c3ncc(C(=O)OCC)cc23)c1F)S(=O)O. The number of benzene rings is 1. The molecule has 1 aromatic carbocycles. The number of carbonyl (C=O) groups is 2. The van der Waals surface area contributed by atoms with Gasteiger partial charge < -0.3 is 9.72 Å². The molecule has 0 radical (unpaired) electrons. The van der Waals surface area contributed by atoms with E-state index in [-0.39, 0.29) is 35.5 Å². The highest BCUT2D eigenvalue weighted by Crippen LogP contribution is 2.28. The van der Waals surface area contributed by atoms with Crippen molar-refractivity contribution in [3.05, 3.63) is 59.2 Å². The third kappa shape index (κ3) is 4.10. The quantitative estimate of drug-likeness (QED) is 0.320. The molecule has 30 heavy (non-hydrogen) atoms. The Hall–Kier alpha value is -3.11. The summed E-state index contributed by atoms with van der Waals surface area (Å²) in [6.45, 7) is 3.78. The molecule has 0 aliphatic rings. The van der Waals surface area contributed by atoms with E-state index < -0.39 is 28.8 Å². The molecule has 2 heterocycles. The van der Waals surface area contributed by atoms with Crippen LogP contribution in [-0.2, 0) is 16.0 Å². The van der Waals surface area contributed by atoms with Crippen LogP contribution in [0.4, 0.5) is 10.1 Å². The number of aromatic amines is 1. The number of rotatable bonds is 8. The van der Waals surface area contributed by atoms with Crippen molar-refractivity contribution in [3.63, 3.8) is 0 Å². The highest BCUT2D eigenvalue weighted by molar-refractivity contribution is 7.80. The van der Waals surface area contributed by atoms with Gasteiger partial charge in [0.2, 0.25) is 0 Å². The maximum atomic E-state index is 15.1. The molecule has 8 nitrogen and oxygen atoms in total. The largest absolute Gasteiger partial charge is 0.462 e. The second-order valence-electron chi connectivity index (χ2n) is 6.34. The maximum Gasteiger partial charge on any atom is 0.339 e. The van der Waals surface area contributed by atoms with Crippen molar-refractivity contribution in [2.24, 2.45) is 0 Å². The van der Waals surface area contributed by atoms with Crippen molar-refractivity contribution < 1.29 is 27.5 Å². The molecule has 10 heteroatoms. The first-order chi connectivity index (χ1) is 14.4. The summed E-state index contributed by atoms with van der Waals surface area (Å²) in [5, 5.41) is 0.339. The second-order valence-corrected chi connectivity index (χ2v) is 7.25. The lowest BCUT2D eigenvalue weighted by Crippen LogP contribution is -2.27. The zero-order valence-corrected chi connectivity index (χ0v) is 17.2. The molecular weight excluding hydrogens is 413 g/mol. The first-order valence-corrected chi connectivity index (χ1v) is 10.3. The van der Waals surface area contributed by atoms with E-state index in [9.17, 15) is 18.4 Å². The van der Waals surface area contributed by atoms with Gasteiger partial charge in [0.1, 0.15) is 5.65 Å². The molecule has 0 amide bonds. The van der Waals surface area contributed by atoms with Crippen molar-refractivity contribution in [2.45, 2.75) is 20.3 Å². The number of anilines is 1. The minimum Gasteiger partial charge on any atom is -0.462 e. The molecule has 2 N–H and O–H groups in total. The number of nitrogens with zero attached hydrogens (tertiary/aromatic N) is 2. The Labute approximate surface area is 174 Å². The van der Waals surface area contributed by atoms with Crippen LogP contribution in [0.3, 0.4) is 0 Å². The lowest BCUT2D eigenvalue weighted by molar-refractivity contribution is 0.0526. The first-order valence-electron chi connectivity index (χ1n) is 9.25. The molecule has 0 fully saturated rings. The van der Waals surface area contributed by atoms with Gasteiger partial charge in [0, 0.05) is 29.9 Å². The van der Waals surface area contributed by atoms with Crippen LogP contribution in [0.25, 0.3) is 11.0 Å². The number of ketones is 1. The Kier molecular flexibility index (Phi) is 6.58. The summed E-state index contributed by atoms with van der Waals surface area (Å²) in [7, 11) is 0. The fourth-order valence-corrected chi connectivity index (χ4v) is 3.68. The summed E-state index contributed by atoms with van der Waals surface area (Å²) in [6, 6.07) is 5.54. The van der Waals surface area contributed by atoms with Gasteiger partial charge in [0.05, 0.1) is 23.4 Å². The summed E-state index contributed by atoms with van der Waals surface area (Å²) >= 11 is -2.44. The van der Waals surface area contributed by atoms with E-state index in [1.54, 1.807) is 13.8 Å². The maximum absolute atomic E-state index is 15.1. The van der Waals surface area contributed by atoms with Crippen LogP contribution in [0.2, 0.25) is 0 Å². The predicted molar refractivity (Wildman–Crippen MR) is 110 cm³/mol. The van der Waals surface area contributed by atoms with Crippen molar-refractivity contribution in [2.75, 3.05) is 17.5 Å². The predicted octanol–water partition coefficient (Wildman–Crippen LogP) is 3.46. The van der Waals surface area contributed by atoms with Gasteiger partial charge in [-0.25, -0.2) is 18.4 Å². The molecule has 1 unspecified atom stereocenters. The highest BCUT2D eigenvalue weighted by atomic mass is 32.2. The molecule has 3 aromatic rings. The number of halogens is 1. The average Bonchev–Trinajstić information content (AvgIpc) is 3.15. The van der Waals surface area contributed by atoms with E-state index in [1.165, 1.54) is 36.7 Å². The highest BCUT2D eigenvalue weighted by Gasteiger charge is 2.24.